The van der Waals surface area contributed by atoms with E-state index in [2.05, 4.69) is 65.4 Å². The van der Waals surface area contributed by atoms with Gasteiger partial charge in [0.1, 0.15) is 35.4 Å². The first-order valence-electron chi connectivity index (χ1n) is 12.4. The van der Waals surface area contributed by atoms with E-state index in [0.717, 1.165) is 0 Å². The zero-order valence-electron chi connectivity index (χ0n) is 21.7. The van der Waals surface area contributed by atoms with Gasteiger partial charge in [-0.25, -0.2) is 14.4 Å². The van der Waals surface area contributed by atoms with Gasteiger partial charge in [0.25, 0.3) is 0 Å². The number of aliphatic hydroxyl groups is 1. The van der Waals surface area contributed by atoms with E-state index < -0.39 is 47.5 Å². The topological polar surface area (TPSA) is 87.9 Å². The molecule has 4 heterocycles. The van der Waals surface area contributed by atoms with Gasteiger partial charge < -0.3 is 27.4 Å². The average Bonchev–Trinajstić information content (AvgIpc) is 3.24. The Labute approximate surface area is 213 Å². The van der Waals surface area contributed by atoms with Crippen molar-refractivity contribution in [1.29, 1.82) is 0 Å². The molecule has 0 aromatic carbocycles. The van der Waals surface area contributed by atoms with E-state index in [9.17, 15) is 9.50 Å². The molecule has 0 aliphatic carbocycles. The molecule has 2 saturated heterocycles. The Kier molecular flexibility index (Phi) is 7.55. The second kappa shape index (κ2) is 9.75. The fourth-order valence-electron chi connectivity index (χ4n) is 5.57. The maximum Gasteiger partial charge on any atom is 0.335 e. The van der Waals surface area contributed by atoms with Crippen LogP contribution in [0.25, 0.3) is 11.0 Å². The molecule has 0 spiro atoms. The molecule has 35 heavy (non-hydrogen) atoms. The van der Waals surface area contributed by atoms with Gasteiger partial charge in [0, 0.05) is 6.20 Å². The number of aromatic nitrogens is 3. The molecular weight excluding hydrogens is 509 g/mol. The van der Waals surface area contributed by atoms with Crippen molar-refractivity contribution < 1.29 is 27.2 Å². The molecule has 8 nitrogen and oxygen atoms in total. The lowest BCUT2D eigenvalue weighted by Gasteiger charge is -2.51. The van der Waals surface area contributed by atoms with E-state index >= 15 is 0 Å². The van der Waals surface area contributed by atoms with Gasteiger partial charge in [-0.3, -0.25) is 0 Å². The van der Waals surface area contributed by atoms with E-state index in [1.165, 1.54) is 17.1 Å². The smallest absolute Gasteiger partial charge is 0.335 e. The van der Waals surface area contributed by atoms with Crippen LogP contribution in [0.4, 0.5) is 4.39 Å². The minimum Gasteiger partial charge on any atom is -0.414 e. The molecule has 0 unspecified atom stereocenters. The molecule has 2 aromatic heterocycles. The number of hydrogen-bond acceptors (Lipinski definition) is 7. The van der Waals surface area contributed by atoms with Crippen molar-refractivity contribution in [2.75, 3.05) is 6.61 Å². The third kappa shape index (κ3) is 4.31. The molecule has 12 heteroatoms. The summed E-state index contributed by atoms with van der Waals surface area (Å²) >= 11 is 6.12. The Balaban J connectivity index is 1.79. The van der Waals surface area contributed by atoms with Gasteiger partial charge in [0.2, 0.25) is 0 Å². The van der Waals surface area contributed by atoms with Crippen molar-refractivity contribution in [2.24, 2.45) is 0 Å². The maximum atomic E-state index is 14.8. The fraction of sp³-hybridized carbons (Fsp3) is 0.739. The lowest BCUT2D eigenvalue weighted by Crippen LogP contribution is -2.65. The van der Waals surface area contributed by atoms with Crippen molar-refractivity contribution in [3.63, 3.8) is 0 Å². The highest BCUT2D eigenvalue weighted by Crippen LogP contribution is 2.48. The summed E-state index contributed by atoms with van der Waals surface area (Å²) in [5.74, 6) is -0.578. The summed E-state index contributed by atoms with van der Waals surface area (Å²) in [6, 6.07) is 0. The lowest BCUT2D eigenvalue weighted by molar-refractivity contribution is -0.0569. The zero-order chi connectivity index (χ0) is 25.9. The summed E-state index contributed by atoms with van der Waals surface area (Å²) in [7, 11) is -5.67. The second-order valence-electron chi connectivity index (χ2n) is 10.9. The van der Waals surface area contributed by atoms with E-state index in [-0.39, 0.29) is 45.0 Å². The van der Waals surface area contributed by atoms with Crippen LogP contribution in [0.2, 0.25) is 27.3 Å². The molecule has 2 aromatic rings. The highest BCUT2D eigenvalue weighted by Gasteiger charge is 2.61. The second-order valence-corrected chi connectivity index (χ2v) is 20.1. The summed E-state index contributed by atoms with van der Waals surface area (Å²) < 4.78 is 43.4. The Morgan fingerprint density at radius 2 is 1.63 bits per heavy atom. The largest absolute Gasteiger partial charge is 0.414 e. The Morgan fingerprint density at radius 1 is 1.03 bits per heavy atom. The van der Waals surface area contributed by atoms with Gasteiger partial charge in [-0.2, -0.15) is 0 Å². The van der Waals surface area contributed by atoms with Crippen LogP contribution < -0.4 is 0 Å². The monoisotopic (exact) mass is 545 g/mol. The fourth-order valence-corrected chi connectivity index (χ4v) is 17.0. The first-order chi connectivity index (χ1) is 16.4. The maximum absolute atomic E-state index is 14.8. The highest BCUT2D eigenvalue weighted by molar-refractivity contribution is 6.84. The number of nitrogens with zero attached hydrogens (tertiary/aromatic N) is 3. The molecule has 196 valence electrons. The van der Waals surface area contributed by atoms with Crippen LogP contribution in [0.1, 0.15) is 61.6 Å². The Hall–Kier alpha value is -0.926. The Bertz CT molecular complexity index is 1050. The number of ether oxygens (including phenoxy) is 1. The van der Waals surface area contributed by atoms with Gasteiger partial charge in [-0.15, -0.1) is 0 Å². The molecular formula is C23H37ClFN3O5Si2. The normalized spacial score (nSPS) is 28.8. The van der Waals surface area contributed by atoms with Gasteiger partial charge in [-0.1, -0.05) is 67.0 Å². The zero-order valence-corrected chi connectivity index (χ0v) is 24.4. The number of fused-ring (bicyclic) bond motifs is 2. The lowest BCUT2D eigenvalue weighted by atomic mass is 10.1. The minimum atomic E-state index is -2.93. The van der Waals surface area contributed by atoms with Gasteiger partial charge >= 0.3 is 17.1 Å². The summed E-state index contributed by atoms with van der Waals surface area (Å²) in [5, 5.41) is 11.6. The van der Waals surface area contributed by atoms with Crippen LogP contribution in [0, 0.1) is 5.82 Å². The molecule has 2 aliphatic rings. The standard InChI is InChI=1S/C23H37ClFN3O5Si2/c1-12(2)34(13(3)4)30-10-17-20(32-35(33-34,14(5)6)15(7)8)19(29)23(31-17)28-9-16(25)18-21(24)26-11-27-22(18)28/h9,11-15,17,19-20,23,29H,10H2,1-8H3/t17-,19-,20-,23-/m1/s1. The van der Waals surface area contributed by atoms with Gasteiger partial charge in [0.05, 0.1) is 12.0 Å². The quantitative estimate of drug-likeness (QED) is 0.395. The van der Waals surface area contributed by atoms with Crippen LogP contribution in [-0.4, -0.2) is 61.7 Å². The van der Waals surface area contributed by atoms with Crippen LogP contribution >= 0.6 is 11.6 Å². The van der Waals surface area contributed by atoms with Gasteiger partial charge in [0.15, 0.2) is 12.0 Å². The van der Waals surface area contributed by atoms with Crippen LogP contribution in [0.5, 0.6) is 0 Å². The summed E-state index contributed by atoms with van der Waals surface area (Å²) in [4.78, 5) is 8.08. The summed E-state index contributed by atoms with van der Waals surface area (Å²) in [6.45, 7) is 17.3. The molecule has 4 rings (SSSR count). The number of hydrogen-bond donors (Lipinski definition) is 1. The van der Waals surface area contributed by atoms with E-state index in [0.29, 0.717) is 0 Å². The molecule has 2 fully saturated rings. The van der Waals surface area contributed by atoms with Crippen molar-refractivity contribution in [2.45, 2.75) is 102 Å². The summed E-state index contributed by atoms with van der Waals surface area (Å²) in [5.41, 5.74) is 0.849. The molecule has 2 aliphatic heterocycles. The molecule has 0 amide bonds. The SMILES string of the molecule is CC(C)[Si]1(C(C)C)OC[C@H]2O[C@@H](n3cc(F)c4c(Cl)ncnc43)[C@H](O)[C@@H]2O[Si](C(C)C)(C(C)C)O1. The van der Waals surface area contributed by atoms with Crippen LogP contribution in [0.15, 0.2) is 12.5 Å². The number of halogens is 2. The molecule has 0 bridgehead atoms. The van der Waals surface area contributed by atoms with Crippen LogP contribution in [-0.2, 0) is 17.7 Å². The Morgan fingerprint density at radius 3 is 2.20 bits per heavy atom. The van der Waals surface area contributed by atoms with E-state index in [1.807, 2.05) is 0 Å². The molecule has 0 saturated carbocycles. The van der Waals surface area contributed by atoms with Gasteiger partial charge in [-0.05, 0) is 22.2 Å². The highest BCUT2D eigenvalue weighted by atomic mass is 35.5. The molecule has 0 radical (unpaired) electrons. The molecule has 4 atom stereocenters. The first kappa shape index (κ1) is 27.1. The predicted octanol–water partition coefficient (Wildman–Crippen LogP) is 5.44. The van der Waals surface area contributed by atoms with E-state index in [4.69, 9.17) is 29.3 Å². The van der Waals surface area contributed by atoms with Crippen molar-refractivity contribution in [3.8, 4) is 0 Å². The number of rotatable bonds is 5. The first-order valence-corrected chi connectivity index (χ1v) is 16.7. The third-order valence-electron chi connectivity index (χ3n) is 7.43. The summed E-state index contributed by atoms with van der Waals surface area (Å²) in [6.07, 6.45) is -0.755. The average molecular weight is 546 g/mol. The minimum absolute atomic E-state index is 0.00780. The third-order valence-corrected chi connectivity index (χ3v) is 18.0. The van der Waals surface area contributed by atoms with E-state index in [1.54, 1.807) is 0 Å². The van der Waals surface area contributed by atoms with Crippen molar-refractivity contribution >= 4 is 39.8 Å². The van der Waals surface area contributed by atoms with Crippen molar-refractivity contribution in [3.05, 3.63) is 23.5 Å². The van der Waals surface area contributed by atoms with Crippen LogP contribution in [0.3, 0.4) is 0 Å². The number of aliphatic hydroxyl groups excluding tert-OH is 1. The predicted molar refractivity (Wildman–Crippen MR) is 136 cm³/mol. The van der Waals surface area contributed by atoms with Crippen molar-refractivity contribution in [1.82, 2.24) is 14.5 Å². The molecule has 1 N–H and O–H groups in total.